The zero-order valence-electron chi connectivity index (χ0n) is 22.6. The molecule has 3 aliphatic heterocycles. The maximum absolute atomic E-state index is 13.9. The fourth-order valence-corrected chi connectivity index (χ4v) is 5.95. The van der Waals surface area contributed by atoms with E-state index in [1.165, 1.54) is 24.3 Å². The molecule has 0 aromatic heterocycles. The third-order valence-electron chi connectivity index (χ3n) is 8.06. The minimum absolute atomic E-state index is 0.0316. The molecule has 0 saturated carbocycles. The lowest BCUT2D eigenvalue weighted by atomic mass is 9.95. The molecule has 3 fully saturated rings. The lowest BCUT2D eigenvalue weighted by molar-refractivity contribution is -0.152. The maximum Gasteiger partial charge on any atom is 0.310 e. The molecule has 10 heteroatoms. The second-order valence-corrected chi connectivity index (χ2v) is 10.5. The van der Waals surface area contributed by atoms with Crippen LogP contribution in [0.3, 0.4) is 0 Å². The van der Waals surface area contributed by atoms with Crippen molar-refractivity contribution < 1.29 is 33.0 Å². The van der Waals surface area contributed by atoms with E-state index in [4.69, 9.17) is 9.47 Å². The second kappa shape index (κ2) is 11.8. The summed E-state index contributed by atoms with van der Waals surface area (Å²) < 4.78 is 24.8. The molecule has 0 radical (unpaired) electrons. The maximum atomic E-state index is 13.9. The van der Waals surface area contributed by atoms with E-state index in [0.29, 0.717) is 56.4 Å². The molecule has 2 aromatic carbocycles. The third-order valence-corrected chi connectivity index (χ3v) is 8.06. The quantitative estimate of drug-likeness (QED) is 0.530. The molecule has 212 valence electrons. The minimum atomic E-state index is -1.05. The number of rotatable bonds is 5. The zero-order chi connectivity index (χ0) is 28.3. The first kappa shape index (κ1) is 27.8. The van der Waals surface area contributed by atoms with Crippen molar-refractivity contribution in [3.8, 4) is 0 Å². The van der Waals surface area contributed by atoms with Crippen molar-refractivity contribution in [2.45, 2.75) is 44.4 Å². The normalized spacial score (nSPS) is 22.3. The average Bonchev–Trinajstić information content (AvgIpc) is 3.35. The number of esters is 1. The van der Waals surface area contributed by atoms with E-state index in [-0.39, 0.29) is 43.4 Å². The Bertz CT molecular complexity index is 1250. The standard InChI is InChI=1S/C30H34FN3O6/c1-2-39-29(38)23-9-6-16-33(19-23)28(37)25-20-40-30(34(25)27(36)21-7-4-3-5-8-21)14-17-32(18-15-30)26(35)22-10-12-24(31)13-11-22/h3-5,7-8,10-13,23,25H,2,6,9,14-20H2,1H3. The molecule has 0 bridgehead atoms. The number of hydrogen-bond donors (Lipinski definition) is 0. The van der Waals surface area contributed by atoms with Gasteiger partial charge in [0.05, 0.1) is 19.1 Å². The number of likely N-dealkylation sites (tertiary alicyclic amines) is 2. The van der Waals surface area contributed by atoms with Gasteiger partial charge in [0.15, 0.2) is 0 Å². The molecule has 2 atom stereocenters. The summed E-state index contributed by atoms with van der Waals surface area (Å²) in [6, 6.07) is 13.3. The lowest BCUT2D eigenvalue weighted by Gasteiger charge is -2.45. The van der Waals surface area contributed by atoms with Crippen LogP contribution in [0.2, 0.25) is 0 Å². The molecular formula is C30H34FN3O6. The third kappa shape index (κ3) is 5.45. The molecule has 0 N–H and O–H groups in total. The Morgan fingerprint density at radius 1 is 0.925 bits per heavy atom. The van der Waals surface area contributed by atoms with Gasteiger partial charge in [-0.05, 0) is 56.2 Å². The van der Waals surface area contributed by atoms with E-state index < -0.39 is 23.5 Å². The summed E-state index contributed by atoms with van der Waals surface area (Å²) in [6.07, 6.45) is 1.97. The van der Waals surface area contributed by atoms with Crippen molar-refractivity contribution in [1.29, 1.82) is 0 Å². The van der Waals surface area contributed by atoms with Gasteiger partial charge >= 0.3 is 5.97 Å². The van der Waals surface area contributed by atoms with Gasteiger partial charge in [-0.15, -0.1) is 0 Å². The molecule has 3 aliphatic rings. The van der Waals surface area contributed by atoms with E-state index in [1.54, 1.807) is 45.9 Å². The number of carbonyl (C=O) groups excluding carboxylic acids is 4. The van der Waals surface area contributed by atoms with Crippen molar-refractivity contribution in [1.82, 2.24) is 14.7 Å². The Hall–Kier alpha value is -3.79. The number of nitrogens with zero attached hydrogens (tertiary/aromatic N) is 3. The highest BCUT2D eigenvalue weighted by Crippen LogP contribution is 2.39. The van der Waals surface area contributed by atoms with Crippen LogP contribution in [0.25, 0.3) is 0 Å². The van der Waals surface area contributed by atoms with E-state index in [9.17, 15) is 23.6 Å². The average molecular weight is 552 g/mol. The van der Waals surface area contributed by atoms with Gasteiger partial charge in [0.1, 0.15) is 17.6 Å². The molecule has 9 nitrogen and oxygen atoms in total. The van der Waals surface area contributed by atoms with Crippen molar-refractivity contribution in [2.24, 2.45) is 5.92 Å². The van der Waals surface area contributed by atoms with Crippen molar-refractivity contribution in [3.05, 3.63) is 71.5 Å². The van der Waals surface area contributed by atoms with Crippen LogP contribution in [0.5, 0.6) is 0 Å². The first-order valence-corrected chi connectivity index (χ1v) is 13.9. The molecular weight excluding hydrogens is 517 g/mol. The molecule has 1 spiro atoms. The predicted octanol–water partition coefficient (Wildman–Crippen LogP) is 3.10. The topological polar surface area (TPSA) is 96.5 Å². The number of hydrogen-bond acceptors (Lipinski definition) is 6. The highest BCUT2D eigenvalue weighted by Gasteiger charge is 2.55. The van der Waals surface area contributed by atoms with Gasteiger partial charge in [0.2, 0.25) is 5.91 Å². The van der Waals surface area contributed by atoms with Crippen molar-refractivity contribution in [3.63, 3.8) is 0 Å². The van der Waals surface area contributed by atoms with E-state index >= 15 is 0 Å². The van der Waals surface area contributed by atoms with E-state index in [2.05, 4.69) is 0 Å². The van der Waals surface area contributed by atoms with Crippen molar-refractivity contribution in [2.75, 3.05) is 39.4 Å². The summed E-state index contributed by atoms with van der Waals surface area (Å²) in [4.78, 5) is 58.1. The Kier molecular flexibility index (Phi) is 8.16. The monoisotopic (exact) mass is 551 g/mol. The van der Waals surface area contributed by atoms with Crippen LogP contribution in [0.4, 0.5) is 4.39 Å². The van der Waals surface area contributed by atoms with Crippen LogP contribution in [-0.4, -0.2) is 89.6 Å². The van der Waals surface area contributed by atoms with Crippen LogP contribution in [0.1, 0.15) is 53.3 Å². The molecule has 3 amide bonds. The molecule has 2 unspecified atom stereocenters. The van der Waals surface area contributed by atoms with Gasteiger partial charge in [-0.25, -0.2) is 4.39 Å². The number of carbonyl (C=O) groups is 4. The Morgan fingerprint density at radius 3 is 2.27 bits per heavy atom. The Morgan fingerprint density at radius 2 is 1.60 bits per heavy atom. The van der Waals surface area contributed by atoms with Gasteiger partial charge in [0, 0.05) is 50.1 Å². The molecule has 0 aliphatic carbocycles. The summed E-state index contributed by atoms with van der Waals surface area (Å²) in [7, 11) is 0. The lowest BCUT2D eigenvalue weighted by Crippen LogP contribution is -2.60. The molecule has 40 heavy (non-hydrogen) atoms. The highest BCUT2D eigenvalue weighted by molar-refractivity contribution is 5.99. The summed E-state index contributed by atoms with van der Waals surface area (Å²) in [5.41, 5.74) is -0.224. The summed E-state index contributed by atoms with van der Waals surface area (Å²) in [6.45, 7) is 3.42. The van der Waals surface area contributed by atoms with Gasteiger partial charge in [-0.2, -0.15) is 0 Å². The largest absolute Gasteiger partial charge is 0.466 e. The number of benzene rings is 2. The first-order chi connectivity index (χ1) is 19.3. The SMILES string of the molecule is CCOC(=O)C1CCCN(C(=O)C2COC3(CCN(C(=O)c4ccc(F)cc4)CC3)N2C(=O)c2ccccc2)C1. The molecule has 5 rings (SSSR count). The number of ether oxygens (including phenoxy) is 2. The van der Waals surface area contributed by atoms with E-state index in [1.807, 2.05) is 6.07 Å². The van der Waals surface area contributed by atoms with Gasteiger partial charge < -0.3 is 19.3 Å². The van der Waals surface area contributed by atoms with Crippen LogP contribution in [-0.2, 0) is 19.1 Å². The fourth-order valence-electron chi connectivity index (χ4n) is 5.95. The van der Waals surface area contributed by atoms with Gasteiger partial charge in [-0.3, -0.25) is 24.1 Å². The molecule has 3 saturated heterocycles. The minimum Gasteiger partial charge on any atom is -0.466 e. The van der Waals surface area contributed by atoms with Crippen LogP contribution >= 0.6 is 0 Å². The van der Waals surface area contributed by atoms with E-state index in [0.717, 1.165) is 0 Å². The smallest absolute Gasteiger partial charge is 0.310 e. The fraction of sp³-hybridized carbons (Fsp3) is 0.467. The summed E-state index contributed by atoms with van der Waals surface area (Å²) in [5, 5.41) is 0. The zero-order valence-corrected chi connectivity index (χ0v) is 22.6. The molecule has 3 heterocycles. The van der Waals surface area contributed by atoms with Gasteiger partial charge in [-0.1, -0.05) is 18.2 Å². The number of piperidine rings is 2. The Labute approximate surface area is 232 Å². The number of halogens is 1. The summed E-state index contributed by atoms with van der Waals surface area (Å²) >= 11 is 0. The predicted molar refractivity (Wildman–Crippen MR) is 143 cm³/mol. The Balaban J connectivity index is 1.36. The first-order valence-electron chi connectivity index (χ1n) is 13.9. The number of amides is 3. The second-order valence-electron chi connectivity index (χ2n) is 10.5. The van der Waals surface area contributed by atoms with Crippen LogP contribution < -0.4 is 0 Å². The van der Waals surface area contributed by atoms with Crippen LogP contribution in [0, 0.1) is 11.7 Å². The highest BCUT2D eigenvalue weighted by atomic mass is 19.1. The summed E-state index contributed by atoms with van der Waals surface area (Å²) in [5.74, 6) is -1.91. The molecule has 2 aromatic rings. The van der Waals surface area contributed by atoms with Crippen molar-refractivity contribution >= 4 is 23.7 Å². The van der Waals surface area contributed by atoms with Gasteiger partial charge in [0.25, 0.3) is 11.8 Å². The van der Waals surface area contributed by atoms with Crippen LogP contribution in [0.15, 0.2) is 54.6 Å².